The molecular formula is C23H40N6O. The van der Waals surface area contributed by atoms with Gasteiger partial charge in [-0.1, -0.05) is 13.3 Å². The highest BCUT2D eigenvalue weighted by molar-refractivity contribution is 5.80. The summed E-state index contributed by atoms with van der Waals surface area (Å²) in [6, 6.07) is 4.73. The van der Waals surface area contributed by atoms with Gasteiger partial charge >= 0.3 is 0 Å². The number of aromatic nitrogens is 1. The predicted octanol–water partition coefficient (Wildman–Crippen LogP) is 2.63. The zero-order valence-electron chi connectivity index (χ0n) is 19.1. The summed E-state index contributed by atoms with van der Waals surface area (Å²) >= 11 is 0. The van der Waals surface area contributed by atoms with Crippen molar-refractivity contribution in [1.82, 2.24) is 20.5 Å². The van der Waals surface area contributed by atoms with Gasteiger partial charge in [-0.3, -0.25) is 0 Å². The van der Waals surface area contributed by atoms with Gasteiger partial charge in [0.2, 0.25) is 0 Å². The molecule has 2 aliphatic rings. The third kappa shape index (κ3) is 7.13. The van der Waals surface area contributed by atoms with Crippen molar-refractivity contribution in [3.63, 3.8) is 0 Å². The summed E-state index contributed by atoms with van der Waals surface area (Å²) in [4.78, 5) is 14.3. The minimum atomic E-state index is 0.250. The van der Waals surface area contributed by atoms with Gasteiger partial charge in [0.15, 0.2) is 5.96 Å². The number of nitrogens with one attached hydrogen (secondary N) is 2. The number of unbranched alkanes of at least 4 members (excludes halogenated alkanes) is 1. The number of guanidine groups is 1. The summed E-state index contributed by atoms with van der Waals surface area (Å²) in [5.74, 6) is 1.94. The van der Waals surface area contributed by atoms with Crippen LogP contribution in [-0.2, 0) is 11.3 Å². The summed E-state index contributed by atoms with van der Waals surface area (Å²) < 4.78 is 5.65. The molecule has 0 spiro atoms. The van der Waals surface area contributed by atoms with Gasteiger partial charge in [0, 0.05) is 45.0 Å². The highest BCUT2D eigenvalue weighted by Gasteiger charge is 2.20. The molecule has 1 unspecified atom stereocenters. The van der Waals surface area contributed by atoms with Crippen LogP contribution in [0.5, 0.6) is 0 Å². The standard InChI is InChI=1S/C23H40N6O/c1-4-6-11-28-12-8-21(9-13-28)27-23(24-5-2)26-17-20-7-10-25-22(16-20)29-14-15-30-19(3)18-29/h7,10,16,19,21H,4-6,8-9,11-15,17-18H2,1-3H3,(H2,24,26,27). The molecule has 0 bridgehead atoms. The van der Waals surface area contributed by atoms with Crippen molar-refractivity contribution in [3.8, 4) is 0 Å². The number of hydrogen-bond acceptors (Lipinski definition) is 5. The van der Waals surface area contributed by atoms with E-state index in [0.29, 0.717) is 12.6 Å². The Balaban J connectivity index is 1.54. The molecule has 2 aliphatic heterocycles. The van der Waals surface area contributed by atoms with E-state index in [-0.39, 0.29) is 6.10 Å². The molecule has 3 heterocycles. The molecule has 1 aromatic rings. The molecule has 0 aliphatic carbocycles. The second-order valence-corrected chi connectivity index (χ2v) is 8.46. The molecule has 2 fully saturated rings. The molecule has 2 N–H and O–H groups in total. The quantitative estimate of drug-likeness (QED) is 0.502. The van der Waals surface area contributed by atoms with Crippen molar-refractivity contribution < 1.29 is 4.74 Å². The Morgan fingerprint density at radius 2 is 2.10 bits per heavy atom. The zero-order valence-corrected chi connectivity index (χ0v) is 19.1. The minimum Gasteiger partial charge on any atom is -0.375 e. The fourth-order valence-electron chi connectivity index (χ4n) is 4.12. The van der Waals surface area contributed by atoms with Crippen LogP contribution < -0.4 is 15.5 Å². The van der Waals surface area contributed by atoms with Crippen LogP contribution in [-0.4, -0.2) is 73.9 Å². The van der Waals surface area contributed by atoms with E-state index in [9.17, 15) is 0 Å². The van der Waals surface area contributed by atoms with Gasteiger partial charge in [-0.05, 0) is 57.4 Å². The number of aliphatic imine (C=N–C) groups is 1. The van der Waals surface area contributed by atoms with Crippen LogP contribution in [0, 0.1) is 0 Å². The summed E-state index contributed by atoms with van der Waals surface area (Å²) in [5, 5.41) is 7.07. The highest BCUT2D eigenvalue weighted by Crippen LogP contribution is 2.17. The number of pyridine rings is 1. The molecule has 0 aromatic carbocycles. The molecule has 3 rings (SSSR count). The van der Waals surface area contributed by atoms with Crippen molar-refractivity contribution in [2.75, 3.05) is 50.8 Å². The summed E-state index contributed by atoms with van der Waals surface area (Å²) in [6.45, 7) is 14.2. The number of hydrogen-bond donors (Lipinski definition) is 2. The Morgan fingerprint density at radius 3 is 2.83 bits per heavy atom. The molecule has 0 amide bonds. The van der Waals surface area contributed by atoms with Gasteiger partial charge in [-0.25, -0.2) is 9.98 Å². The van der Waals surface area contributed by atoms with Gasteiger partial charge in [-0.2, -0.15) is 0 Å². The van der Waals surface area contributed by atoms with Crippen LogP contribution in [0.3, 0.4) is 0 Å². The number of ether oxygens (including phenoxy) is 1. The van der Waals surface area contributed by atoms with Crippen LogP contribution in [0.1, 0.15) is 52.0 Å². The van der Waals surface area contributed by atoms with Gasteiger partial charge in [0.1, 0.15) is 5.82 Å². The molecule has 0 radical (unpaired) electrons. The number of nitrogens with zero attached hydrogens (tertiary/aromatic N) is 4. The van der Waals surface area contributed by atoms with Crippen molar-refractivity contribution in [2.24, 2.45) is 4.99 Å². The van der Waals surface area contributed by atoms with Crippen LogP contribution in [0.2, 0.25) is 0 Å². The molecule has 7 heteroatoms. The molecule has 0 saturated carbocycles. The average Bonchev–Trinajstić information content (AvgIpc) is 2.77. The van der Waals surface area contributed by atoms with Gasteiger partial charge in [-0.15, -0.1) is 0 Å². The lowest BCUT2D eigenvalue weighted by atomic mass is 10.0. The van der Waals surface area contributed by atoms with E-state index in [2.05, 4.69) is 58.3 Å². The maximum Gasteiger partial charge on any atom is 0.191 e. The van der Waals surface area contributed by atoms with Crippen LogP contribution in [0.25, 0.3) is 0 Å². The molecule has 2 saturated heterocycles. The third-order valence-electron chi connectivity index (χ3n) is 5.90. The van der Waals surface area contributed by atoms with Crippen molar-refractivity contribution in [3.05, 3.63) is 23.9 Å². The summed E-state index contributed by atoms with van der Waals surface area (Å²) in [6.07, 6.45) is 7.09. The first kappa shape index (κ1) is 22.8. The van der Waals surface area contributed by atoms with Crippen LogP contribution in [0.15, 0.2) is 23.3 Å². The van der Waals surface area contributed by atoms with E-state index < -0.39 is 0 Å². The van der Waals surface area contributed by atoms with Gasteiger partial charge in [0.05, 0.1) is 19.3 Å². The Morgan fingerprint density at radius 1 is 1.27 bits per heavy atom. The predicted molar refractivity (Wildman–Crippen MR) is 124 cm³/mol. The lowest BCUT2D eigenvalue weighted by molar-refractivity contribution is 0.0529. The lowest BCUT2D eigenvalue weighted by Crippen LogP contribution is -2.48. The van der Waals surface area contributed by atoms with Gasteiger partial charge < -0.3 is 25.2 Å². The average molecular weight is 417 g/mol. The minimum absolute atomic E-state index is 0.250. The van der Waals surface area contributed by atoms with E-state index in [4.69, 9.17) is 9.73 Å². The first-order valence-corrected chi connectivity index (χ1v) is 11.8. The normalized spacial score (nSPS) is 21.6. The van der Waals surface area contributed by atoms with E-state index >= 15 is 0 Å². The van der Waals surface area contributed by atoms with Crippen molar-refractivity contribution >= 4 is 11.8 Å². The monoisotopic (exact) mass is 416 g/mol. The molecule has 1 atom stereocenters. The van der Waals surface area contributed by atoms with E-state index in [1.54, 1.807) is 0 Å². The van der Waals surface area contributed by atoms with Crippen molar-refractivity contribution in [2.45, 2.75) is 65.1 Å². The van der Waals surface area contributed by atoms with Gasteiger partial charge in [0.25, 0.3) is 0 Å². The topological polar surface area (TPSA) is 65.0 Å². The van der Waals surface area contributed by atoms with Crippen LogP contribution in [0.4, 0.5) is 5.82 Å². The summed E-state index contributed by atoms with van der Waals surface area (Å²) in [7, 11) is 0. The lowest BCUT2D eigenvalue weighted by Gasteiger charge is -2.33. The number of piperidine rings is 1. The Kier molecular flexibility index (Phi) is 9.21. The number of morpholine rings is 1. The summed E-state index contributed by atoms with van der Waals surface area (Å²) in [5.41, 5.74) is 1.19. The largest absolute Gasteiger partial charge is 0.375 e. The number of anilines is 1. The van der Waals surface area contributed by atoms with E-state index in [0.717, 1.165) is 38.0 Å². The smallest absolute Gasteiger partial charge is 0.191 e. The molecule has 7 nitrogen and oxygen atoms in total. The molecule has 168 valence electrons. The number of likely N-dealkylation sites (tertiary alicyclic amines) is 1. The van der Waals surface area contributed by atoms with E-state index in [1.807, 2.05) is 6.20 Å². The maximum absolute atomic E-state index is 5.65. The fraction of sp³-hybridized carbons (Fsp3) is 0.739. The Bertz CT molecular complexity index is 659. The molecular weight excluding hydrogens is 376 g/mol. The Labute approximate surface area is 182 Å². The SMILES string of the molecule is CCCCN1CCC(NC(=NCc2ccnc(N3CCOC(C)C3)c2)NCC)CC1. The van der Waals surface area contributed by atoms with Crippen LogP contribution >= 0.6 is 0 Å². The third-order valence-corrected chi connectivity index (χ3v) is 5.90. The van der Waals surface area contributed by atoms with Crippen molar-refractivity contribution in [1.29, 1.82) is 0 Å². The molecule has 1 aromatic heterocycles. The zero-order chi connectivity index (χ0) is 21.2. The van der Waals surface area contributed by atoms with E-state index in [1.165, 1.54) is 50.9 Å². The highest BCUT2D eigenvalue weighted by atomic mass is 16.5. The Hall–Kier alpha value is -1.86. The molecule has 30 heavy (non-hydrogen) atoms. The number of rotatable bonds is 8. The fourth-order valence-corrected chi connectivity index (χ4v) is 4.12. The first-order valence-electron chi connectivity index (χ1n) is 11.8. The maximum atomic E-state index is 5.65. The second kappa shape index (κ2) is 12.1. The first-order chi connectivity index (χ1) is 14.7. The second-order valence-electron chi connectivity index (χ2n) is 8.46.